The molecule has 1 aromatic heterocycles. The van der Waals surface area contributed by atoms with E-state index >= 15 is 0 Å². The van der Waals surface area contributed by atoms with Gasteiger partial charge in [0.25, 0.3) is 0 Å². The molecule has 7 heteroatoms. The molecular formula is C20H21ClFN3OS. The zero-order valence-electron chi connectivity index (χ0n) is 15.4. The second-order valence-electron chi connectivity index (χ2n) is 6.46. The van der Waals surface area contributed by atoms with E-state index in [0.717, 1.165) is 5.75 Å². The van der Waals surface area contributed by atoms with Crippen molar-refractivity contribution >= 4 is 23.4 Å². The van der Waals surface area contributed by atoms with Gasteiger partial charge in [-0.2, -0.15) is 0 Å². The lowest BCUT2D eigenvalue weighted by Crippen LogP contribution is -2.04. The van der Waals surface area contributed by atoms with Crippen molar-refractivity contribution in [3.05, 3.63) is 70.3 Å². The van der Waals surface area contributed by atoms with Crippen LogP contribution in [0.5, 0.6) is 5.75 Å². The van der Waals surface area contributed by atoms with Gasteiger partial charge in [-0.1, -0.05) is 55.4 Å². The van der Waals surface area contributed by atoms with Crippen LogP contribution < -0.4 is 4.74 Å². The van der Waals surface area contributed by atoms with Crippen LogP contribution in [0.1, 0.15) is 36.7 Å². The third kappa shape index (κ3) is 4.82. The van der Waals surface area contributed by atoms with Crippen LogP contribution in [0, 0.1) is 5.82 Å². The van der Waals surface area contributed by atoms with Gasteiger partial charge in [0.15, 0.2) is 11.0 Å². The van der Waals surface area contributed by atoms with Crippen LogP contribution in [0.15, 0.2) is 47.6 Å². The zero-order chi connectivity index (χ0) is 19.4. The smallest absolute Gasteiger partial charge is 0.191 e. The molecule has 0 amide bonds. The molecule has 0 bridgehead atoms. The van der Waals surface area contributed by atoms with Crippen molar-refractivity contribution in [3.8, 4) is 5.75 Å². The molecule has 1 heterocycles. The van der Waals surface area contributed by atoms with Gasteiger partial charge in [-0.05, 0) is 35.7 Å². The minimum absolute atomic E-state index is 0.311. The predicted molar refractivity (Wildman–Crippen MR) is 107 cm³/mol. The number of thioether (sulfide) groups is 1. The van der Waals surface area contributed by atoms with Crippen LogP contribution in [0.25, 0.3) is 0 Å². The Morgan fingerprint density at radius 2 is 1.89 bits per heavy atom. The summed E-state index contributed by atoms with van der Waals surface area (Å²) in [6.07, 6.45) is 0. The van der Waals surface area contributed by atoms with Crippen molar-refractivity contribution in [1.82, 2.24) is 14.8 Å². The highest BCUT2D eigenvalue weighted by molar-refractivity contribution is 7.98. The Balaban J connectivity index is 1.61. The summed E-state index contributed by atoms with van der Waals surface area (Å²) in [6, 6.07) is 12.7. The molecule has 27 heavy (non-hydrogen) atoms. The van der Waals surface area contributed by atoms with Crippen LogP contribution >= 0.6 is 23.4 Å². The van der Waals surface area contributed by atoms with Crippen molar-refractivity contribution in [1.29, 1.82) is 0 Å². The predicted octanol–water partition coefficient (Wildman–Crippen LogP) is 5.60. The Labute approximate surface area is 167 Å². The minimum Gasteiger partial charge on any atom is -0.486 e. The highest BCUT2D eigenvalue weighted by Crippen LogP contribution is 2.28. The lowest BCUT2D eigenvalue weighted by Gasteiger charge is -2.09. The fourth-order valence-corrected chi connectivity index (χ4v) is 3.77. The third-order valence-electron chi connectivity index (χ3n) is 4.25. The van der Waals surface area contributed by atoms with Gasteiger partial charge in [-0.3, -0.25) is 0 Å². The summed E-state index contributed by atoms with van der Waals surface area (Å²) in [4.78, 5) is 0. The number of aromatic nitrogens is 3. The first-order valence-electron chi connectivity index (χ1n) is 8.62. The summed E-state index contributed by atoms with van der Waals surface area (Å²) in [5, 5.41) is 9.44. The molecule has 0 N–H and O–H groups in total. The van der Waals surface area contributed by atoms with Crippen LogP contribution in [0.3, 0.4) is 0 Å². The summed E-state index contributed by atoms with van der Waals surface area (Å²) in [5.74, 6) is 2.04. The van der Waals surface area contributed by atoms with Gasteiger partial charge in [0.2, 0.25) is 0 Å². The Kier molecular flexibility index (Phi) is 6.39. The molecule has 3 aromatic rings. The Morgan fingerprint density at radius 3 is 2.56 bits per heavy atom. The summed E-state index contributed by atoms with van der Waals surface area (Å²) >= 11 is 7.46. The minimum atomic E-state index is -0.314. The van der Waals surface area contributed by atoms with E-state index in [1.165, 1.54) is 23.4 Å². The molecular weight excluding hydrogens is 385 g/mol. The second-order valence-corrected chi connectivity index (χ2v) is 7.81. The number of hydrogen-bond acceptors (Lipinski definition) is 4. The molecule has 142 valence electrons. The standard InChI is InChI=1S/C20H21ClFN3OS/c1-13(2)14-7-9-15(10-8-14)26-11-19-23-24-20(25(19)3)27-12-16-17(21)5-4-6-18(16)22/h4-10,13H,11-12H2,1-3H3. The van der Waals surface area contributed by atoms with Gasteiger partial charge < -0.3 is 9.30 Å². The van der Waals surface area contributed by atoms with E-state index in [4.69, 9.17) is 16.3 Å². The first kappa shape index (κ1) is 19.7. The normalized spacial score (nSPS) is 11.2. The van der Waals surface area contributed by atoms with Crippen LogP contribution in [-0.4, -0.2) is 14.8 Å². The first-order valence-corrected chi connectivity index (χ1v) is 9.98. The van der Waals surface area contributed by atoms with Gasteiger partial charge in [-0.15, -0.1) is 10.2 Å². The summed E-state index contributed by atoms with van der Waals surface area (Å²) in [6.45, 7) is 4.62. The van der Waals surface area contributed by atoms with E-state index < -0.39 is 0 Å². The molecule has 4 nitrogen and oxygen atoms in total. The number of benzene rings is 2. The molecule has 0 radical (unpaired) electrons. The molecule has 0 unspecified atom stereocenters. The number of hydrogen-bond donors (Lipinski definition) is 0. The Bertz CT molecular complexity index is 892. The van der Waals surface area contributed by atoms with Crippen LogP contribution in [0.2, 0.25) is 5.02 Å². The molecule has 0 saturated heterocycles. The molecule has 0 aliphatic carbocycles. The molecule has 0 aliphatic heterocycles. The maximum atomic E-state index is 13.9. The fourth-order valence-electron chi connectivity index (χ4n) is 2.50. The van der Waals surface area contributed by atoms with Crippen molar-refractivity contribution < 1.29 is 9.13 Å². The van der Waals surface area contributed by atoms with E-state index in [9.17, 15) is 4.39 Å². The molecule has 0 fully saturated rings. The topological polar surface area (TPSA) is 39.9 Å². The maximum Gasteiger partial charge on any atom is 0.191 e. The highest BCUT2D eigenvalue weighted by Gasteiger charge is 2.13. The fraction of sp³-hybridized carbons (Fsp3) is 0.300. The Hall–Kier alpha value is -2.05. The zero-order valence-corrected chi connectivity index (χ0v) is 17.0. The van der Waals surface area contributed by atoms with Gasteiger partial charge in [-0.25, -0.2) is 4.39 Å². The molecule has 2 aromatic carbocycles. The molecule has 3 rings (SSSR count). The average molecular weight is 406 g/mol. The van der Waals surface area contributed by atoms with E-state index in [-0.39, 0.29) is 5.82 Å². The number of nitrogens with zero attached hydrogens (tertiary/aromatic N) is 3. The van der Waals surface area contributed by atoms with E-state index in [1.807, 2.05) is 23.7 Å². The van der Waals surface area contributed by atoms with Crippen molar-refractivity contribution in [2.24, 2.45) is 7.05 Å². The number of rotatable bonds is 7. The van der Waals surface area contributed by atoms with Crippen molar-refractivity contribution in [2.45, 2.75) is 37.3 Å². The van der Waals surface area contributed by atoms with Gasteiger partial charge in [0, 0.05) is 23.4 Å². The van der Waals surface area contributed by atoms with Crippen LogP contribution in [0.4, 0.5) is 4.39 Å². The van der Waals surface area contributed by atoms with Crippen molar-refractivity contribution in [3.63, 3.8) is 0 Å². The molecule has 0 spiro atoms. The third-order valence-corrected chi connectivity index (χ3v) is 5.65. The van der Waals surface area contributed by atoms with E-state index in [0.29, 0.717) is 39.8 Å². The molecule has 0 saturated carbocycles. The summed E-state index contributed by atoms with van der Waals surface area (Å²) in [5.41, 5.74) is 1.74. The van der Waals surface area contributed by atoms with E-state index in [2.05, 4.69) is 36.2 Å². The quantitative estimate of drug-likeness (QED) is 0.479. The molecule has 0 aliphatic rings. The summed E-state index contributed by atoms with van der Waals surface area (Å²) < 4.78 is 21.5. The average Bonchev–Trinajstić information content (AvgIpc) is 3.00. The second kappa shape index (κ2) is 8.76. The van der Waals surface area contributed by atoms with Crippen molar-refractivity contribution in [2.75, 3.05) is 0 Å². The maximum absolute atomic E-state index is 13.9. The Morgan fingerprint density at radius 1 is 1.15 bits per heavy atom. The van der Waals surface area contributed by atoms with Gasteiger partial charge >= 0.3 is 0 Å². The first-order chi connectivity index (χ1) is 13.0. The van der Waals surface area contributed by atoms with E-state index in [1.54, 1.807) is 12.1 Å². The number of halogens is 2. The lowest BCUT2D eigenvalue weighted by atomic mass is 10.0. The van der Waals surface area contributed by atoms with Crippen LogP contribution in [-0.2, 0) is 19.4 Å². The SMILES string of the molecule is CC(C)c1ccc(OCc2nnc(SCc3c(F)cccc3Cl)n2C)cc1. The summed E-state index contributed by atoms with van der Waals surface area (Å²) in [7, 11) is 1.87. The number of ether oxygens (including phenoxy) is 1. The monoisotopic (exact) mass is 405 g/mol. The largest absolute Gasteiger partial charge is 0.486 e. The highest BCUT2D eigenvalue weighted by atomic mass is 35.5. The van der Waals surface area contributed by atoms with Gasteiger partial charge in [0.05, 0.1) is 0 Å². The van der Waals surface area contributed by atoms with Gasteiger partial charge in [0.1, 0.15) is 18.2 Å². The lowest BCUT2D eigenvalue weighted by molar-refractivity contribution is 0.290. The molecule has 0 atom stereocenters.